The summed E-state index contributed by atoms with van der Waals surface area (Å²) in [6.07, 6.45) is 1.97. The van der Waals surface area contributed by atoms with Gasteiger partial charge in [-0.15, -0.1) is 0 Å². The second-order valence-electron chi connectivity index (χ2n) is 9.57. The maximum atomic E-state index is 13.4. The second kappa shape index (κ2) is 14.9. The largest absolute Gasteiger partial charge is 0.508 e. The summed E-state index contributed by atoms with van der Waals surface area (Å²) in [5, 5.41) is 35.8. The molecule has 3 aromatic rings. The van der Waals surface area contributed by atoms with Gasteiger partial charge in [0.2, 0.25) is 17.7 Å². The van der Waals surface area contributed by atoms with Gasteiger partial charge in [-0.25, -0.2) is 9.78 Å². The van der Waals surface area contributed by atoms with Crippen molar-refractivity contribution < 1.29 is 39.3 Å². The van der Waals surface area contributed by atoms with Gasteiger partial charge in [-0.05, 0) is 23.3 Å². The molecule has 0 saturated heterocycles. The fraction of sp³-hybridized carbons (Fsp3) is 0.286. The molecule has 0 radical (unpaired) electrons. The van der Waals surface area contributed by atoms with E-state index in [1.165, 1.54) is 36.8 Å². The summed E-state index contributed by atoms with van der Waals surface area (Å²) < 4.78 is 0. The first-order valence-corrected chi connectivity index (χ1v) is 12.9. The minimum Gasteiger partial charge on any atom is -0.508 e. The summed E-state index contributed by atoms with van der Waals surface area (Å²) in [6, 6.07) is 8.86. The number of aliphatic carboxylic acids is 2. The first kappa shape index (κ1) is 31.3. The number of carboxylic acid groups (broad SMARTS) is 2. The molecule has 222 valence electrons. The normalized spacial score (nSPS) is 13.6. The number of hydrogen-bond acceptors (Lipinski definition) is 8. The van der Waals surface area contributed by atoms with Gasteiger partial charge in [-0.3, -0.25) is 19.2 Å². The smallest absolute Gasteiger partial charge is 0.326 e. The molecule has 2 aromatic carbocycles. The molecule has 0 aliphatic carbocycles. The number of H-pyrrole nitrogens is 1. The molecule has 42 heavy (non-hydrogen) atoms. The number of phenolic OH excluding ortho intramolecular Hbond substituents is 1. The molecule has 4 unspecified atom stereocenters. The van der Waals surface area contributed by atoms with Crippen LogP contribution in [0.4, 0.5) is 0 Å². The molecule has 0 spiro atoms. The van der Waals surface area contributed by atoms with E-state index in [1.54, 1.807) is 30.3 Å². The first-order chi connectivity index (χ1) is 20.0. The Morgan fingerprint density at radius 2 is 1.33 bits per heavy atom. The lowest BCUT2D eigenvalue weighted by Crippen LogP contribution is -2.58. The molecule has 4 atom stereocenters. The lowest BCUT2D eigenvalue weighted by Gasteiger charge is -2.25. The Labute approximate surface area is 240 Å². The molecule has 0 aliphatic heterocycles. The van der Waals surface area contributed by atoms with Crippen molar-refractivity contribution in [2.75, 3.05) is 0 Å². The van der Waals surface area contributed by atoms with E-state index in [2.05, 4.69) is 25.9 Å². The van der Waals surface area contributed by atoms with Gasteiger partial charge in [-0.1, -0.05) is 42.5 Å². The van der Waals surface area contributed by atoms with Crippen molar-refractivity contribution in [3.05, 3.63) is 83.9 Å². The fourth-order valence-corrected chi connectivity index (χ4v) is 4.06. The zero-order chi connectivity index (χ0) is 30.6. The standard InChI is InChI=1S/C28H32N6O8/c29-20(12-18-14-30-15-31-18)25(38)32-21(10-17-6-8-19(35)9-7-17)26(39)33-22(13-24(36)37)27(40)34-23(28(41)42)11-16-4-2-1-3-5-16/h1-9,14-15,20-23,35H,10-13,29H2,(H,30,31)(H,32,38)(H,33,39)(H,34,40)(H,36,37)(H,41,42). The highest BCUT2D eigenvalue weighted by atomic mass is 16.4. The predicted molar refractivity (Wildman–Crippen MR) is 148 cm³/mol. The quantitative estimate of drug-likeness (QED) is 0.114. The van der Waals surface area contributed by atoms with Gasteiger partial charge < -0.3 is 42.0 Å². The van der Waals surface area contributed by atoms with Crippen LogP contribution in [0.1, 0.15) is 23.2 Å². The summed E-state index contributed by atoms with van der Waals surface area (Å²) in [6.45, 7) is 0. The lowest BCUT2D eigenvalue weighted by molar-refractivity contribution is -0.143. The summed E-state index contributed by atoms with van der Waals surface area (Å²) >= 11 is 0. The molecule has 0 bridgehead atoms. The van der Waals surface area contributed by atoms with Crippen molar-refractivity contribution in [1.82, 2.24) is 25.9 Å². The number of carboxylic acids is 2. The Bertz CT molecular complexity index is 1360. The van der Waals surface area contributed by atoms with E-state index >= 15 is 0 Å². The number of nitrogens with two attached hydrogens (primary N) is 1. The van der Waals surface area contributed by atoms with Crippen molar-refractivity contribution in [3.63, 3.8) is 0 Å². The van der Waals surface area contributed by atoms with Crippen molar-refractivity contribution in [2.24, 2.45) is 5.73 Å². The number of rotatable bonds is 15. The summed E-state index contributed by atoms with van der Waals surface area (Å²) in [5.41, 5.74) is 7.74. The number of carbonyl (C=O) groups excluding carboxylic acids is 3. The predicted octanol–water partition coefficient (Wildman–Crippen LogP) is -0.516. The maximum absolute atomic E-state index is 13.4. The highest BCUT2D eigenvalue weighted by molar-refractivity contribution is 5.95. The topological polar surface area (TPSA) is 237 Å². The number of hydrogen-bond donors (Lipinski definition) is 8. The van der Waals surface area contributed by atoms with Crippen molar-refractivity contribution in [2.45, 2.75) is 49.9 Å². The van der Waals surface area contributed by atoms with Crippen LogP contribution < -0.4 is 21.7 Å². The van der Waals surface area contributed by atoms with Gasteiger partial charge in [-0.2, -0.15) is 0 Å². The monoisotopic (exact) mass is 580 g/mol. The average molecular weight is 581 g/mol. The molecular formula is C28H32N6O8. The molecule has 0 saturated carbocycles. The third-order valence-corrected chi connectivity index (χ3v) is 6.25. The second-order valence-corrected chi connectivity index (χ2v) is 9.57. The molecule has 9 N–H and O–H groups in total. The number of nitrogens with zero attached hydrogens (tertiary/aromatic N) is 1. The van der Waals surface area contributed by atoms with Crippen molar-refractivity contribution in [1.29, 1.82) is 0 Å². The Morgan fingerprint density at radius 1 is 0.762 bits per heavy atom. The van der Waals surface area contributed by atoms with E-state index < -0.39 is 60.2 Å². The number of aromatic amines is 1. The molecule has 3 rings (SSSR count). The van der Waals surface area contributed by atoms with E-state index in [0.717, 1.165) is 0 Å². The number of aromatic nitrogens is 2. The third kappa shape index (κ3) is 9.75. The van der Waals surface area contributed by atoms with Gasteiger partial charge in [0.1, 0.15) is 23.9 Å². The Morgan fingerprint density at radius 3 is 1.93 bits per heavy atom. The van der Waals surface area contributed by atoms with Crippen LogP contribution in [0.3, 0.4) is 0 Å². The number of amides is 3. The van der Waals surface area contributed by atoms with E-state index in [-0.39, 0.29) is 25.0 Å². The number of phenols is 1. The molecular weight excluding hydrogens is 548 g/mol. The zero-order valence-electron chi connectivity index (χ0n) is 22.4. The van der Waals surface area contributed by atoms with Gasteiger partial charge in [0.25, 0.3) is 0 Å². The van der Waals surface area contributed by atoms with Crippen LogP contribution >= 0.6 is 0 Å². The fourth-order valence-electron chi connectivity index (χ4n) is 4.06. The van der Waals surface area contributed by atoms with Gasteiger partial charge in [0, 0.05) is 31.2 Å². The molecule has 0 aliphatic rings. The zero-order valence-corrected chi connectivity index (χ0v) is 22.4. The highest BCUT2D eigenvalue weighted by Gasteiger charge is 2.32. The lowest BCUT2D eigenvalue weighted by atomic mass is 10.0. The average Bonchev–Trinajstić information content (AvgIpc) is 3.46. The van der Waals surface area contributed by atoms with Crippen LogP contribution in [0.2, 0.25) is 0 Å². The van der Waals surface area contributed by atoms with Gasteiger partial charge in [0.15, 0.2) is 0 Å². The first-order valence-electron chi connectivity index (χ1n) is 12.9. The van der Waals surface area contributed by atoms with Crippen LogP contribution in [-0.4, -0.2) is 79.1 Å². The molecule has 1 heterocycles. The molecule has 0 fully saturated rings. The van der Waals surface area contributed by atoms with Gasteiger partial charge >= 0.3 is 11.9 Å². The number of carbonyl (C=O) groups is 5. The van der Waals surface area contributed by atoms with Gasteiger partial charge in [0.05, 0.1) is 18.8 Å². The molecule has 3 amide bonds. The Hall–Kier alpha value is -5.24. The highest BCUT2D eigenvalue weighted by Crippen LogP contribution is 2.12. The summed E-state index contributed by atoms with van der Waals surface area (Å²) in [7, 11) is 0. The minimum absolute atomic E-state index is 0.0213. The van der Waals surface area contributed by atoms with E-state index in [1.807, 2.05) is 0 Å². The Kier molecular flexibility index (Phi) is 11.1. The van der Waals surface area contributed by atoms with Crippen LogP contribution in [0.25, 0.3) is 0 Å². The summed E-state index contributed by atoms with van der Waals surface area (Å²) in [4.78, 5) is 69.4. The maximum Gasteiger partial charge on any atom is 0.326 e. The van der Waals surface area contributed by atoms with Crippen LogP contribution in [0.5, 0.6) is 5.75 Å². The minimum atomic E-state index is -1.66. The number of imidazole rings is 1. The SMILES string of the molecule is NC(Cc1cnc[nH]1)C(=O)NC(Cc1ccc(O)cc1)C(=O)NC(CC(=O)O)C(=O)NC(Cc1ccccc1)C(=O)O. The molecule has 14 heteroatoms. The van der Waals surface area contributed by atoms with Crippen LogP contribution in [0, 0.1) is 0 Å². The van der Waals surface area contributed by atoms with E-state index in [9.17, 15) is 39.3 Å². The van der Waals surface area contributed by atoms with Crippen molar-refractivity contribution in [3.8, 4) is 5.75 Å². The number of aromatic hydroxyl groups is 1. The number of nitrogens with one attached hydrogen (secondary N) is 4. The number of benzene rings is 2. The Balaban J connectivity index is 1.77. The van der Waals surface area contributed by atoms with Crippen molar-refractivity contribution >= 4 is 29.7 Å². The third-order valence-electron chi connectivity index (χ3n) is 6.25. The van der Waals surface area contributed by atoms with E-state index in [4.69, 9.17) is 5.73 Å². The summed E-state index contributed by atoms with van der Waals surface area (Å²) in [5.74, 6) is -5.42. The molecule has 1 aromatic heterocycles. The van der Waals surface area contributed by atoms with E-state index in [0.29, 0.717) is 16.8 Å². The molecule has 14 nitrogen and oxygen atoms in total. The van der Waals surface area contributed by atoms with Crippen LogP contribution in [0.15, 0.2) is 67.1 Å². The van der Waals surface area contributed by atoms with Crippen LogP contribution in [-0.2, 0) is 43.2 Å².